The number of amides is 1. The van der Waals surface area contributed by atoms with Crippen molar-refractivity contribution in [1.29, 1.82) is 5.26 Å². The van der Waals surface area contributed by atoms with E-state index in [-0.39, 0.29) is 18.7 Å². The second kappa shape index (κ2) is 8.07. The average Bonchev–Trinajstić information content (AvgIpc) is 2.64. The zero-order valence-electron chi connectivity index (χ0n) is 14.7. The first kappa shape index (κ1) is 18.9. The van der Waals surface area contributed by atoms with Crippen molar-refractivity contribution < 1.29 is 14.3 Å². The minimum Gasteiger partial charge on any atom is -0.465 e. The first-order chi connectivity index (χ1) is 12.4. The Morgan fingerprint density at radius 2 is 1.92 bits per heavy atom. The molecule has 8 heteroatoms. The van der Waals surface area contributed by atoms with E-state index in [0.29, 0.717) is 16.8 Å². The third-order valence-corrected chi connectivity index (χ3v) is 3.91. The number of hydrogen-bond donors (Lipinski definition) is 1. The van der Waals surface area contributed by atoms with Crippen LogP contribution in [0.5, 0.6) is 0 Å². The fraction of sp³-hybridized carbons (Fsp3) is 0.278. The van der Waals surface area contributed by atoms with Crippen molar-refractivity contribution in [3.8, 4) is 6.07 Å². The van der Waals surface area contributed by atoms with Gasteiger partial charge in [-0.25, -0.2) is 9.48 Å². The molecule has 0 unspecified atom stereocenters. The lowest BCUT2D eigenvalue weighted by Crippen LogP contribution is -2.35. The minimum absolute atomic E-state index is 0.0105. The smallest absolute Gasteiger partial charge is 0.337 e. The van der Waals surface area contributed by atoms with Gasteiger partial charge in [0.15, 0.2) is 0 Å². The number of nitrogens with one attached hydrogen (secondary N) is 1. The maximum atomic E-state index is 12.2. The highest BCUT2D eigenvalue weighted by Crippen LogP contribution is 2.06. The Hall–Kier alpha value is -3.47. The predicted molar refractivity (Wildman–Crippen MR) is 92.3 cm³/mol. The minimum atomic E-state index is -0.590. The molecule has 0 atom stereocenters. The maximum Gasteiger partial charge on any atom is 0.337 e. The second-order valence-electron chi connectivity index (χ2n) is 5.63. The monoisotopic (exact) mass is 354 g/mol. The van der Waals surface area contributed by atoms with E-state index < -0.39 is 17.4 Å². The normalized spacial score (nSPS) is 10.1. The van der Waals surface area contributed by atoms with Gasteiger partial charge in [0.2, 0.25) is 5.91 Å². The molecule has 0 saturated heterocycles. The summed E-state index contributed by atoms with van der Waals surface area (Å²) in [5.74, 6) is -0.849. The van der Waals surface area contributed by atoms with Gasteiger partial charge < -0.3 is 10.1 Å². The number of esters is 1. The summed E-state index contributed by atoms with van der Waals surface area (Å²) in [7, 11) is 1.30. The number of nitrogens with zero attached hydrogens (tertiary/aromatic N) is 3. The van der Waals surface area contributed by atoms with E-state index in [9.17, 15) is 14.4 Å². The molecule has 0 bridgehead atoms. The molecule has 0 radical (unpaired) electrons. The van der Waals surface area contributed by atoms with Crippen molar-refractivity contribution >= 4 is 11.9 Å². The Kier molecular flexibility index (Phi) is 5.86. The molecule has 1 aromatic heterocycles. The van der Waals surface area contributed by atoms with Crippen LogP contribution in [0.25, 0.3) is 0 Å². The van der Waals surface area contributed by atoms with Gasteiger partial charge in [0.1, 0.15) is 18.2 Å². The Labute approximate surface area is 150 Å². The van der Waals surface area contributed by atoms with Gasteiger partial charge in [-0.15, -0.1) is 0 Å². The van der Waals surface area contributed by atoms with Crippen LogP contribution in [0, 0.1) is 25.2 Å². The molecule has 1 aromatic carbocycles. The lowest BCUT2D eigenvalue weighted by molar-refractivity contribution is -0.122. The predicted octanol–water partition coefficient (Wildman–Crippen LogP) is 0.835. The van der Waals surface area contributed by atoms with Crippen molar-refractivity contribution in [2.24, 2.45) is 0 Å². The zero-order chi connectivity index (χ0) is 19.3. The summed E-state index contributed by atoms with van der Waals surface area (Å²) in [5, 5.41) is 15.8. The summed E-state index contributed by atoms with van der Waals surface area (Å²) < 4.78 is 5.60. The lowest BCUT2D eigenvalue weighted by Gasteiger charge is -2.10. The molecule has 2 rings (SSSR count). The number of nitriles is 1. The van der Waals surface area contributed by atoms with Crippen molar-refractivity contribution in [2.45, 2.75) is 26.9 Å². The van der Waals surface area contributed by atoms with Gasteiger partial charge in [0, 0.05) is 6.54 Å². The number of aromatic nitrogens is 2. The standard InChI is InChI=1S/C18H18N4O4/c1-11-12(2)21-22(17(24)15(11)8-19)10-16(23)20-9-13-4-6-14(7-5-13)18(25)26-3/h4-7H,9-10H2,1-3H3,(H,20,23). The number of carbonyl (C=O) groups excluding carboxylic acids is 2. The van der Waals surface area contributed by atoms with Crippen LogP contribution in [-0.4, -0.2) is 28.8 Å². The Balaban J connectivity index is 2.04. The summed E-state index contributed by atoms with van der Waals surface area (Å²) in [6, 6.07) is 8.44. The molecule has 1 heterocycles. The van der Waals surface area contributed by atoms with Gasteiger partial charge in [-0.2, -0.15) is 10.4 Å². The Morgan fingerprint density at radius 3 is 2.50 bits per heavy atom. The molecule has 26 heavy (non-hydrogen) atoms. The molecule has 0 aliphatic heterocycles. The van der Waals surface area contributed by atoms with Crippen LogP contribution in [0.2, 0.25) is 0 Å². The molecule has 2 aromatic rings. The molecule has 0 aliphatic rings. The molecule has 0 fully saturated rings. The molecule has 8 nitrogen and oxygen atoms in total. The van der Waals surface area contributed by atoms with Gasteiger partial charge in [-0.3, -0.25) is 9.59 Å². The Bertz CT molecular complexity index is 939. The number of aryl methyl sites for hydroxylation is 1. The molecule has 0 spiro atoms. The molecular weight excluding hydrogens is 336 g/mol. The van der Waals surface area contributed by atoms with Crippen LogP contribution in [0.4, 0.5) is 0 Å². The number of carbonyl (C=O) groups is 2. The second-order valence-corrected chi connectivity index (χ2v) is 5.63. The highest BCUT2D eigenvalue weighted by Gasteiger charge is 2.14. The number of ether oxygens (including phenoxy) is 1. The quantitative estimate of drug-likeness (QED) is 0.796. The molecule has 134 valence electrons. The van der Waals surface area contributed by atoms with Crippen LogP contribution in [0.1, 0.15) is 32.7 Å². The lowest BCUT2D eigenvalue weighted by atomic mass is 10.1. The third kappa shape index (κ3) is 4.13. The van der Waals surface area contributed by atoms with E-state index in [2.05, 4.69) is 15.2 Å². The van der Waals surface area contributed by atoms with Crippen molar-refractivity contribution in [3.05, 3.63) is 62.6 Å². The molecule has 1 amide bonds. The largest absolute Gasteiger partial charge is 0.465 e. The zero-order valence-corrected chi connectivity index (χ0v) is 14.7. The topological polar surface area (TPSA) is 114 Å². The molecule has 1 N–H and O–H groups in total. The summed E-state index contributed by atoms with van der Waals surface area (Å²) in [6.07, 6.45) is 0. The van der Waals surface area contributed by atoms with Gasteiger partial charge in [0.05, 0.1) is 18.4 Å². The first-order valence-corrected chi connectivity index (χ1v) is 7.79. The van der Waals surface area contributed by atoms with Gasteiger partial charge in [0.25, 0.3) is 5.56 Å². The number of rotatable bonds is 5. The highest BCUT2D eigenvalue weighted by atomic mass is 16.5. The maximum absolute atomic E-state index is 12.2. The van der Waals surface area contributed by atoms with Crippen LogP contribution < -0.4 is 10.9 Å². The van der Waals surface area contributed by atoms with E-state index in [1.165, 1.54) is 7.11 Å². The van der Waals surface area contributed by atoms with E-state index >= 15 is 0 Å². The third-order valence-electron chi connectivity index (χ3n) is 3.91. The molecular formula is C18H18N4O4. The van der Waals surface area contributed by atoms with Crippen LogP contribution in [-0.2, 0) is 22.6 Å². The van der Waals surface area contributed by atoms with Gasteiger partial charge in [-0.05, 0) is 37.1 Å². The molecule has 0 aliphatic carbocycles. The number of hydrogen-bond acceptors (Lipinski definition) is 6. The summed E-state index contributed by atoms with van der Waals surface area (Å²) in [4.78, 5) is 35.6. The van der Waals surface area contributed by atoms with Gasteiger partial charge in [-0.1, -0.05) is 12.1 Å². The van der Waals surface area contributed by atoms with Crippen LogP contribution >= 0.6 is 0 Å². The van der Waals surface area contributed by atoms with E-state index in [1.54, 1.807) is 38.1 Å². The van der Waals surface area contributed by atoms with Crippen LogP contribution in [0.3, 0.4) is 0 Å². The van der Waals surface area contributed by atoms with E-state index in [4.69, 9.17) is 5.26 Å². The summed E-state index contributed by atoms with van der Waals surface area (Å²) in [6.45, 7) is 3.26. The van der Waals surface area contributed by atoms with E-state index in [0.717, 1.165) is 10.2 Å². The fourth-order valence-electron chi connectivity index (χ4n) is 2.28. The van der Waals surface area contributed by atoms with Crippen LogP contribution in [0.15, 0.2) is 29.1 Å². The first-order valence-electron chi connectivity index (χ1n) is 7.79. The highest BCUT2D eigenvalue weighted by molar-refractivity contribution is 5.89. The fourth-order valence-corrected chi connectivity index (χ4v) is 2.28. The SMILES string of the molecule is COC(=O)c1ccc(CNC(=O)Cn2nc(C)c(C)c(C#N)c2=O)cc1. The van der Waals surface area contributed by atoms with Crippen molar-refractivity contribution in [1.82, 2.24) is 15.1 Å². The summed E-state index contributed by atoms with van der Waals surface area (Å²) >= 11 is 0. The number of methoxy groups -OCH3 is 1. The van der Waals surface area contributed by atoms with Crippen molar-refractivity contribution in [2.75, 3.05) is 7.11 Å². The Morgan fingerprint density at radius 1 is 1.27 bits per heavy atom. The van der Waals surface area contributed by atoms with E-state index in [1.807, 2.05) is 6.07 Å². The summed E-state index contributed by atoms with van der Waals surface area (Å²) in [5.41, 5.74) is 1.63. The molecule has 0 saturated carbocycles. The van der Waals surface area contributed by atoms with Crippen molar-refractivity contribution in [3.63, 3.8) is 0 Å². The van der Waals surface area contributed by atoms with Gasteiger partial charge >= 0.3 is 5.97 Å². The average molecular weight is 354 g/mol. The number of benzene rings is 1.